The zero-order valence-corrected chi connectivity index (χ0v) is 14.7. The van der Waals surface area contributed by atoms with Gasteiger partial charge in [0.1, 0.15) is 12.4 Å². The van der Waals surface area contributed by atoms with Gasteiger partial charge in [0.05, 0.1) is 0 Å². The molecule has 1 aromatic heterocycles. The van der Waals surface area contributed by atoms with Crippen LogP contribution in [0.5, 0.6) is 0 Å². The Morgan fingerprint density at radius 2 is 2.13 bits per heavy atom. The normalized spacial score (nSPS) is 23.3. The molecule has 1 amide bonds. The Kier molecular flexibility index (Phi) is 5.05. The highest BCUT2D eigenvalue weighted by Gasteiger charge is 2.33. The molecule has 0 unspecified atom stereocenters. The predicted molar refractivity (Wildman–Crippen MR) is 91.1 cm³/mol. The van der Waals surface area contributed by atoms with Crippen molar-refractivity contribution in [3.05, 3.63) is 18.2 Å². The smallest absolute Gasteiger partial charge is 0.242 e. The van der Waals surface area contributed by atoms with Crippen molar-refractivity contribution in [2.24, 2.45) is 11.8 Å². The number of rotatable bonds is 5. The van der Waals surface area contributed by atoms with E-state index in [4.69, 9.17) is 0 Å². The highest BCUT2D eigenvalue weighted by atomic mass is 16.2. The molecule has 1 saturated heterocycles. The lowest BCUT2D eigenvalue weighted by molar-refractivity contribution is -0.132. The van der Waals surface area contributed by atoms with Gasteiger partial charge in [0.15, 0.2) is 0 Å². The highest BCUT2D eigenvalue weighted by Crippen LogP contribution is 2.31. The summed E-state index contributed by atoms with van der Waals surface area (Å²) in [6, 6.07) is 0.492. The number of amides is 1. The third-order valence-corrected chi connectivity index (χ3v) is 5.29. The Labute approximate surface area is 139 Å². The summed E-state index contributed by atoms with van der Waals surface area (Å²) in [6.45, 7) is 11.1. The van der Waals surface area contributed by atoms with Crippen LogP contribution in [0.4, 0.5) is 0 Å². The van der Waals surface area contributed by atoms with Crippen molar-refractivity contribution in [2.75, 3.05) is 26.2 Å². The zero-order chi connectivity index (χ0) is 16.4. The van der Waals surface area contributed by atoms with Crippen molar-refractivity contribution in [1.82, 2.24) is 19.4 Å². The van der Waals surface area contributed by atoms with Gasteiger partial charge in [-0.2, -0.15) is 0 Å². The summed E-state index contributed by atoms with van der Waals surface area (Å²) >= 11 is 0. The van der Waals surface area contributed by atoms with Crippen molar-refractivity contribution in [3.8, 4) is 0 Å². The Morgan fingerprint density at radius 1 is 1.35 bits per heavy atom. The molecule has 5 nitrogen and oxygen atoms in total. The fourth-order valence-electron chi connectivity index (χ4n) is 3.60. The SMILES string of the molecule is Cc1nccn1CC(=O)N1CCCN(CC2CC2)[C@H](C(C)C)C1. The van der Waals surface area contributed by atoms with E-state index in [1.165, 1.54) is 19.4 Å². The molecule has 1 aromatic rings. The van der Waals surface area contributed by atoms with Gasteiger partial charge in [-0.05, 0) is 38.0 Å². The molecule has 5 heteroatoms. The fraction of sp³-hybridized carbons (Fsp3) is 0.778. The zero-order valence-electron chi connectivity index (χ0n) is 14.7. The van der Waals surface area contributed by atoms with E-state index in [0.29, 0.717) is 18.5 Å². The second-order valence-electron chi connectivity index (χ2n) is 7.55. The van der Waals surface area contributed by atoms with Crippen LogP contribution in [0.2, 0.25) is 0 Å². The van der Waals surface area contributed by atoms with Crippen LogP contribution in [-0.4, -0.2) is 57.5 Å². The largest absolute Gasteiger partial charge is 0.340 e. The van der Waals surface area contributed by atoms with E-state index in [2.05, 4.69) is 28.6 Å². The summed E-state index contributed by atoms with van der Waals surface area (Å²) in [4.78, 5) is 21.7. The van der Waals surface area contributed by atoms with Gasteiger partial charge in [0.2, 0.25) is 5.91 Å². The average Bonchev–Trinajstić information content (AvgIpc) is 3.27. The minimum atomic E-state index is 0.227. The van der Waals surface area contributed by atoms with Gasteiger partial charge in [-0.25, -0.2) is 4.98 Å². The molecule has 1 aliphatic carbocycles. The summed E-state index contributed by atoms with van der Waals surface area (Å²) in [6.07, 6.45) is 7.53. The van der Waals surface area contributed by atoms with Crippen LogP contribution in [0.1, 0.15) is 38.9 Å². The second kappa shape index (κ2) is 7.04. The first kappa shape index (κ1) is 16.5. The number of aromatic nitrogens is 2. The molecule has 23 heavy (non-hydrogen) atoms. The molecule has 0 aromatic carbocycles. The third kappa shape index (κ3) is 4.14. The summed E-state index contributed by atoms with van der Waals surface area (Å²) in [5.74, 6) is 2.62. The van der Waals surface area contributed by atoms with E-state index in [9.17, 15) is 4.79 Å². The number of imidazole rings is 1. The van der Waals surface area contributed by atoms with Gasteiger partial charge < -0.3 is 9.47 Å². The Morgan fingerprint density at radius 3 is 2.74 bits per heavy atom. The summed E-state index contributed by atoms with van der Waals surface area (Å²) in [7, 11) is 0. The number of hydrogen-bond donors (Lipinski definition) is 0. The van der Waals surface area contributed by atoms with Crippen LogP contribution in [0.3, 0.4) is 0 Å². The molecule has 0 radical (unpaired) electrons. The first-order valence-electron chi connectivity index (χ1n) is 9.04. The number of carbonyl (C=O) groups is 1. The molecule has 0 N–H and O–H groups in total. The molecule has 1 aliphatic heterocycles. The number of hydrogen-bond acceptors (Lipinski definition) is 3. The third-order valence-electron chi connectivity index (χ3n) is 5.29. The maximum absolute atomic E-state index is 12.7. The molecular formula is C18H30N4O. The van der Waals surface area contributed by atoms with Gasteiger partial charge >= 0.3 is 0 Å². The van der Waals surface area contributed by atoms with Gasteiger partial charge in [-0.15, -0.1) is 0 Å². The number of aryl methyl sites for hydroxylation is 1. The van der Waals surface area contributed by atoms with Gasteiger partial charge in [0, 0.05) is 44.6 Å². The van der Waals surface area contributed by atoms with Crippen molar-refractivity contribution < 1.29 is 4.79 Å². The van der Waals surface area contributed by atoms with Crippen LogP contribution in [0.15, 0.2) is 12.4 Å². The van der Waals surface area contributed by atoms with Crippen LogP contribution in [0, 0.1) is 18.8 Å². The lowest BCUT2D eigenvalue weighted by Crippen LogP contribution is -2.47. The van der Waals surface area contributed by atoms with Crippen LogP contribution in [-0.2, 0) is 11.3 Å². The van der Waals surface area contributed by atoms with Crippen molar-refractivity contribution in [3.63, 3.8) is 0 Å². The van der Waals surface area contributed by atoms with Gasteiger partial charge in [0.25, 0.3) is 0 Å². The molecule has 0 bridgehead atoms. The molecule has 1 atom stereocenters. The Balaban J connectivity index is 1.65. The number of carbonyl (C=O) groups excluding carboxylic acids is 1. The lowest BCUT2D eigenvalue weighted by Gasteiger charge is -2.34. The molecule has 128 valence electrons. The number of nitrogens with zero attached hydrogens (tertiary/aromatic N) is 4. The first-order chi connectivity index (χ1) is 11.0. The molecule has 2 aliphatic rings. The van der Waals surface area contributed by atoms with E-state index in [1.807, 2.05) is 17.7 Å². The van der Waals surface area contributed by atoms with E-state index in [0.717, 1.165) is 37.8 Å². The molecule has 3 rings (SSSR count). The fourth-order valence-corrected chi connectivity index (χ4v) is 3.60. The topological polar surface area (TPSA) is 41.4 Å². The van der Waals surface area contributed by atoms with Crippen LogP contribution >= 0.6 is 0 Å². The average molecular weight is 318 g/mol. The Bertz CT molecular complexity index is 535. The van der Waals surface area contributed by atoms with Crippen molar-refractivity contribution in [1.29, 1.82) is 0 Å². The lowest BCUT2D eigenvalue weighted by atomic mass is 10.0. The molecular weight excluding hydrogens is 288 g/mol. The van der Waals surface area contributed by atoms with Gasteiger partial charge in [-0.1, -0.05) is 13.8 Å². The molecule has 0 spiro atoms. The van der Waals surface area contributed by atoms with E-state index >= 15 is 0 Å². The summed E-state index contributed by atoms with van der Waals surface area (Å²) in [5.41, 5.74) is 0. The predicted octanol–water partition coefficient (Wildman–Crippen LogP) is 2.16. The molecule has 1 saturated carbocycles. The summed E-state index contributed by atoms with van der Waals surface area (Å²) in [5, 5.41) is 0. The van der Waals surface area contributed by atoms with Crippen LogP contribution < -0.4 is 0 Å². The van der Waals surface area contributed by atoms with Crippen molar-refractivity contribution in [2.45, 2.75) is 52.6 Å². The standard InChI is InChI=1S/C18H30N4O/c1-14(2)17-12-22(9-4-8-21(17)11-16-5-6-16)18(23)13-20-10-7-19-15(20)3/h7,10,14,16-17H,4-6,8-9,11-13H2,1-3H3/t17-/m0/s1. The maximum atomic E-state index is 12.7. The van der Waals surface area contributed by atoms with Gasteiger partial charge in [-0.3, -0.25) is 9.69 Å². The second-order valence-corrected chi connectivity index (χ2v) is 7.55. The van der Waals surface area contributed by atoms with E-state index < -0.39 is 0 Å². The minimum absolute atomic E-state index is 0.227. The highest BCUT2D eigenvalue weighted by molar-refractivity contribution is 5.76. The maximum Gasteiger partial charge on any atom is 0.242 e. The minimum Gasteiger partial charge on any atom is -0.340 e. The summed E-state index contributed by atoms with van der Waals surface area (Å²) < 4.78 is 1.94. The first-order valence-corrected chi connectivity index (χ1v) is 9.04. The van der Waals surface area contributed by atoms with E-state index in [-0.39, 0.29) is 5.91 Å². The Hall–Kier alpha value is -1.36. The van der Waals surface area contributed by atoms with E-state index in [1.54, 1.807) is 6.20 Å². The quantitative estimate of drug-likeness (QED) is 0.835. The van der Waals surface area contributed by atoms with Crippen LogP contribution in [0.25, 0.3) is 0 Å². The monoisotopic (exact) mass is 318 g/mol. The molecule has 2 heterocycles. The molecule has 2 fully saturated rings. The van der Waals surface area contributed by atoms with Crippen molar-refractivity contribution >= 4 is 5.91 Å².